The lowest BCUT2D eigenvalue weighted by Crippen LogP contribution is -2.29. The van der Waals surface area contributed by atoms with E-state index in [1.165, 1.54) is 0 Å². The summed E-state index contributed by atoms with van der Waals surface area (Å²) in [5.41, 5.74) is 1.35. The van der Waals surface area contributed by atoms with Gasteiger partial charge in [0.15, 0.2) is 9.84 Å². The van der Waals surface area contributed by atoms with Crippen LogP contribution < -0.4 is 10.1 Å². The second-order valence-electron chi connectivity index (χ2n) is 6.15. The molecule has 1 N–H and O–H groups in total. The molecule has 1 atom stereocenters. The van der Waals surface area contributed by atoms with Crippen molar-refractivity contribution in [1.82, 2.24) is 10.3 Å². The molecule has 0 aliphatic carbocycles. The fraction of sp³-hybridized carbons (Fsp3) is 0.412. The molecule has 25 heavy (non-hydrogen) atoms. The topological polar surface area (TPSA) is 85.4 Å². The molecule has 1 saturated heterocycles. The number of benzene rings is 1. The van der Waals surface area contributed by atoms with Gasteiger partial charge in [-0.25, -0.2) is 13.4 Å². The molecule has 2 aromatic rings. The number of aromatic nitrogens is 1. The highest BCUT2D eigenvalue weighted by molar-refractivity contribution is 7.91. The number of thiazole rings is 1. The quantitative estimate of drug-likeness (QED) is 0.830. The van der Waals surface area contributed by atoms with E-state index in [0.29, 0.717) is 30.9 Å². The zero-order valence-corrected chi connectivity index (χ0v) is 15.5. The van der Waals surface area contributed by atoms with Crippen LogP contribution in [0.2, 0.25) is 0 Å². The maximum atomic E-state index is 12.3. The molecule has 1 aromatic heterocycles. The molecule has 1 fully saturated rings. The lowest BCUT2D eigenvalue weighted by Gasteiger charge is -2.11. The van der Waals surface area contributed by atoms with E-state index in [-0.39, 0.29) is 23.3 Å². The van der Waals surface area contributed by atoms with Gasteiger partial charge in [0.05, 0.1) is 22.2 Å². The van der Waals surface area contributed by atoms with Crippen LogP contribution in [0.25, 0.3) is 0 Å². The van der Waals surface area contributed by atoms with Gasteiger partial charge in [0.2, 0.25) is 0 Å². The summed E-state index contributed by atoms with van der Waals surface area (Å²) in [6, 6.07) is 6.94. The number of carbonyl (C=O) groups excluding carboxylic acids is 1. The van der Waals surface area contributed by atoms with Gasteiger partial charge in [-0.3, -0.25) is 4.79 Å². The number of carbonyl (C=O) groups is 1. The van der Waals surface area contributed by atoms with Gasteiger partial charge in [-0.2, -0.15) is 0 Å². The minimum atomic E-state index is -2.92. The SMILES string of the molecule is Cc1nc(COc2cccc(C(=O)NCC3CCS(=O)(=O)C3)c2)cs1. The predicted molar refractivity (Wildman–Crippen MR) is 96.7 cm³/mol. The number of hydrogen-bond acceptors (Lipinski definition) is 6. The van der Waals surface area contributed by atoms with E-state index in [9.17, 15) is 13.2 Å². The third-order valence-electron chi connectivity index (χ3n) is 4.03. The Morgan fingerprint density at radius 3 is 2.96 bits per heavy atom. The van der Waals surface area contributed by atoms with E-state index in [4.69, 9.17) is 4.74 Å². The van der Waals surface area contributed by atoms with Gasteiger partial charge < -0.3 is 10.1 Å². The summed E-state index contributed by atoms with van der Waals surface area (Å²) in [6.45, 7) is 2.67. The van der Waals surface area contributed by atoms with Gasteiger partial charge >= 0.3 is 0 Å². The third-order valence-corrected chi connectivity index (χ3v) is 6.69. The first-order valence-corrected chi connectivity index (χ1v) is 10.7. The van der Waals surface area contributed by atoms with Crippen molar-refractivity contribution in [3.05, 3.63) is 45.9 Å². The van der Waals surface area contributed by atoms with Gasteiger partial charge in [0, 0.05) is 17.5 Å². The number of amides is 1. The first kappa shape index (κ1) is 17.9. The molecule has 1 unspecified atom stereocenters. The Balaban J connectivity index is 1.54. The van der Waals surface area contributed by atoms with Crippen LogP contribution in [0, 0.1) is 12.8 Å². The molecule has 8 heteroatoms. The Kier molecular flexibility index (Phi) is 5.39. The van der Waals surface area contributed by atoms with Crippen LogP contribution in [0.5, 0.6) is 5.75 Å². The number of nitrogens with zero attached hydrogens (tertiary/aromatic N) is 1. The summed E-state index contributed by atoms with van der Waals surface area (Å²) in [7, 11) is -2.92. The Labute approximate surface area is 151 Å². The summed E-state index contributed by atoms with van der Waals surface area (Å²) in [5, 5.41) is 5.75. The van der Waals surface area contributed by atoms with Crippen molar-refractivity contribution in [2.45, 2.75) is 20.0 Å². The van der Waals surface area contributed by atoms with E-state index in [1.807, 2.05) is 12.3 Å². The van der Waals surface area contributed by atoms with Crippen LogP contribution in [0.3, 0.4) is 0 Å². The van der Waals surface area contributed by atoms with E-state index in [2.05, 4.69) is 10.3 Å². The van der Waals surface area contributed by atoms with E-state index in [0.717, 1.165) is 10.7 Å². The minimum absolute atomic E-state index is 0.00119. The average molecular weight is 380 g/mol. The van der Waals surface area contributed by atoms with Gasteiger partial charge in [-0.15, -0.1) is 11.3 Å². The van der Waals surface area contributed by atoms with Crippen molar-refractivity contribution in [2.75, 3.05) is 18.1 Å². The number of nitrogens with one attached hydrogen (secondary N) is 1. The zero-order chi connectivity index (χ0) is 17.9. The minimum Gasteiger partial charge on any atom is -0.487 e. The van der Waals surface area contributed by atoms with Gasteiger partial charge in [-0.05, 0) is 37.5 Å². The first-order chi connectivity index (χ1) is 11.9. The number of sulfone groups is 1. The van der Waals surface area contributed by atoms with Gasteiger partial charge in [-0.1, -0.05) is 6.07 Å². The molecule has 134 valence electrons. The van der Waals surface area contributed by atoms with Crippen LogP contribution in [-0.4, -0.2) is 37.4 Å². The second kappa shape index (κ2) is 7.53. The van der Waals surface area contributed by atoms with Crippen molar-refractivity contribution >= 4 is 27.1 Å². The van der Waals surface area contributed by atoms with Crippen molar-refractivity contribution in [3.8, 4) is 5.75 Å². The number of hydrogen-bond donors (Lipinski definition) is 1. The van der Waals surface area contributed by atoms with E-state index >= 15 is 0 Å². The second-order valence-corrected chi connectivity index (χ2v) is 9.44. The highest BCUT2D eigenvalue weighted by Crippen LogP contribution is 2.19. The molecule has 2 heterocycles. The molecule has 0 spiro atoms. The molecule has 0 radical (unpaired) electrons. The largest absolute Gasteiger partial charge is 0.487 e. The van der Waals surface area contributed by atoms with Crippen molar-refractivity contribution in [3.63, 3.8) is 0 Å². The molecule has 1 amide bonds. The summed E-state index contributed by atoms with van der Waals surface area (Å²) >= 11 is 1.57. The van der Waals surface area contributed by atoms with Crippen LogP contribution in [0.1, 0.15) is 27.5 Å². The zero-order valence-electron chi connectivity index (χ0n) is 13.9. The van der Waals surface area contributed by atoms with Crippen LogP contribution in [0.15, 0.2) is 29.6 Å². The number of ether oxygens (including phenoxy) is 1. The van der Waals surface area contributed by atoms with Gasteiger partial charge in [0.1, 0.15) is 12.4 Å². The Bertz CT molecular complexity index is 861. The summed E-state index contributed by atoms with van der Waals surface area (Å²) in [6.07, 6.45) is 0.610. The maximum absolute atomic E-state index is 12.3. The normalized spacial score (nSPS) is 18.8. The van der Waals surface area contributed by atoms with Crippen molar-refractivity contribution < 1.29 is 17.9 Å². The lowest BCUT2D eigenvalue weighted by molar-refractivity contribution is 0.0948. The fourth-order valence-corrected chi connectivity index (χ4v) is 5.19. The standard InChI is InChI=1S/C17H20N2O4S2/c1-12-19-15(10-24-12)9-23-16-4-2-3-14(7-16)17(20)18-8-13-5-6-25(21,22)11-13/h2-4,7,10,13H,5-6,8-9,11H2,1H3,(H,18,20). The Hall–Kier alpha value is -1.93. The van der Waals surface area contributed by atoms with Crippen LogP contribution >= 0.6 is 11.3 Å². The van der Waals surface area contributed by atoms with Crippen LogP contribution in [0.4, 0.5) is 0 Å². The lowest BCUT2D eigenvalue weighted by atomic mass is 10.1. The van der Waals surface area contributed by atoms with Gasteiger partial charge in [0.25, 0.3) is 5.91 Å². The highest BCUT2D eigenvalue weighted by Gasteiger charge is 2.28. The van der Waals surface area contributed by atoms with E-state index < -0.39 is 9.84 Å². The molecule has 1 aliphatic rings. The van der Waals surface area contributed by atoms with Crippen molar-refractivity contribution in [1.29, 1.82) is 0 Å². The molecule has 6 nitrogen and oxygen atoms in total. The molecular formula is C17H20N2O4S2. The third kappa shape index (κ3) is 5.02. The molecule has 1 aromatic carbocycles. The summed E-state index contributed by atoms with van der Waals surface area (Å²) in [5.74, 6) is 0.749. The fourth-order valence-electron chi connectivity index (χ4n) is 2.73. The average Bonchev–Trinajstić information content (AvgIpc) is 3.16. The summed E-state index contributed by atoms with van der Waals surface area (Å²) in [4.78, 5) is 16.6. The van der Waals surface area contributed by atoms with E-state index in [1.54, 1.807) is 35.6 Å². The Morgan fingerprint density at radius 2 is 2.28 bits per heavy atom. The number of rotatable bonds is 6. The molecule has 0 bridgehead atoms. The molecule has 3 rings (SSSR count). The van der Waals surface area contributed by atoms with Crippen molar-refractivity contribution in [2.24, 2.45) is 5.92 Å². The first-order valence-electron chi connectivity index (χ1n) is 8.04. The molecular weight excluding hydrogens is 360 g/mol. The molecule has 0 saturated carbocycles. The smallest absolute Gasteiger partial charge is 0.251 e. The summed E-state index contributed by atoms with van der Waals surface area (Å²) < 4.78 is 28.6. The van der Waals surface area contributed by atoms with Crippen LogP contribution in [-0.2, 0) is 16.4 Å². The predicted octanol–water partition coefficient (Wildman–Crippen LogP) is 2.20. The highest BCUT2D eigenvalue weighted by atomic mass is 32.2. The molecule has 1 aliphatic heterocycles. The number of aryl methyl sites for hydroxylation is 1. The Morgan fingerprint density at radius 1 is 1.44 bits per heavy atom. The maximum Gasteiger partial charge on any atom is 0.251 e. The monoisotopic (exact) mass is 380 g/mol.